The molecule has 2 aliphatic carbocycles. The summed E-state index contributed by atoms with van der Waals surface area (Å²) in [6, 6.07) is 5.95. The van der Waals surface area contributed by atoms with Crippen LogP contribution in [0.3, 0.4) is 0 Å². The van der Waals surface area contributed by atoms with Crippen LogP contribution >= 0.6 is 0 Å². The van der Waals surface area contributed by atoms with Crippen molar-refractivity contribution in [1.29, 1.82) is 0 Å². The molecule has 0 radical (unpaired) electrons. The van der Waals surface area contributed by atoms with Crippen molar-refractivity contribution in [3.05, 3.63) is 48.6 Å². The highest BCUT2D eigenvalue weighted by Crippen LogP contribution is 2.49. The molecule has 0 bridgehead atoms. The van der Waals surface area contributed by atoms with Gasteiger partial charge in [0.2, 0.25) is 0 Å². The summed E-state index contributed by atoms with van der Waals surface area (Å²) in [5.74, 6) is 2.99. The molecule has 2 aromatic heterocycles. The molecule has 8 rings (SSSR count). The predicted molar refractivity (Wildman–Crippen MR) is 177 cm³/mol. The molecule has 3 aromatic rings. The fourth-order valence-electron chi connectivity index (χ4n) is 9.02. The number of methoxy groups -OCH3 is 1. The molecule has 0 amide bonds. The minimum Gasteiger partial charge on any atom is -0.434 e. The van der Waals surface area contributed by atoms with E-state index in [1.807, 2.05) is 7.11 Å². The van der Waals surface area contributed by atoms with Gasteiger partial charge in [0, 0.05) is 87.1 Å². The van der Waals surface area contributed by atoms with Crippen molar-refractivity contribution in [3.63, 3.8) is 0 Å². The van der Waals surface area contributed by atoms with Crippen molar-refractivity contribution in [3.8, 4) is 22.8 Å². The Morgan fingerprint density at radius 3 is 2.51 bits per heavy atom. The zero-order valence-corrected chi connectivity index (χ0v) is 27.9. The summed E-state index contributed by atoms with van der Waals surface area (Å²) in [6.45, 7) is 11.2. The Balaban J connectivity index is 0.931. The number of hydrogen-bond acceptors (Lipinski definition) is 10. The van der Waals surface area contributed by atoms with Crippen molar-refractivity contribution in [2.45, 2.75) is 82.9 Å². The lowest BCUT2D eigenvalue weighted by atomic mass is 9.68. The highest BCUT2D eigenvalue weighted by Gasteiger charge is 2.53. The van der Waals surface area contributed by atoms with Gasteiger partial charge >= 0.3 is 0 Å². The van der Waals surface area contributed by atoms with Gasteiger partial charge < -0.3 is 19.3 Å². The summed E-state index contributed by atoms with van der Waals surface area (Å²) in [4.78, 5) is 21.2. The molecule has 1 spiro atoms. The van der Waals surface area contributed by atoms with E-state index in [0.29, 0.717) is 47.0 Å². The van der Waals surface area contributed by atoms with Gasteiger partial charge in [-0.15, -0.1) is 10.2 Å². The molecule has 0 unspecified atom stereocenters. The van der Waals surface area contributed by atoms with Crippen molar-refractivity contribution in [1.82, 2.24) is 34.9 Å². The van der Waals surface area contributed by atoms with Gasteiger partial charge in [-0.25, -0.2) is 19.3 Å². The van der Waals surface area contributed by atoms with Crippen molar-refractivity contribution in [2.24, 2.45) is 17.3 Å². The number of aromatic nitrogens is 5. The third-order valence-corrected chi connectivity index (χ3v) is 11.6. The van der Waals surface area contributed by atoms with Crippen molar-refractivity contribution >= 4 is 5.82 Å². The van der Waals surface area contributed by atoms with Crippen LogP contribution in [0.1, 0.15) is 70.4 Å². The van der Waals surface area contributed by atoms with Crippen LogP contribution in [-0.2, 0) is 4.74 Å². The molecule has 10 nitrogen and oxygen atoms in total. The summed E-state index contributed by atoms with van der Waals surface area (Å²) >= 11 is 0. The van der Waals surface area contributed by atoms with Gasteiger partial charge in [-0.05, 0) is 75.0 Å². The summed E-state index contributed by atoms with van der Waals surface area (Å²) in [6.07, 6.45) is 13.5. The summed E-state index contributed by atoms with van der Waals surface area (Å²) in [5, 5.41) is 8.44. The van der Waals surface area contributed by atoms with E-state index in [2.05, 4.69) is 53.7 Å². The first-order valence-electron chi connectivity index (χ1n) is 17.6. The monoisotopic (exact) mass is 642 g/mol. The largest absolute Gasteiger partial charge is 0.434 e. The molecule has 0 N–H and O–H groups in total. The third-order valence-electron chi connectivity index (χ3n) is 11.6. The minimum absolute atomic E-state index is 0.252. The van der Waals surface area contributed by atoms with E-state index < -0.39 is 0 Å². The molecule has 11 heteroatoms. The van der Waals surface area contributed by atoms with E-state index in [0.717, 1.165) is 68.7 Å². The van der Waals surface area contributed by atoms with Gasteiger partial charge in [0.1, 0.15) is 24.2 Å². The Labute approximate surface area is 277 Å². The number of benzene rings is 1. The first-order chi connectivity index (χ1) is 22.9. The van der Waals surface area contributed by atoms with Crippen LogP contribution in [0, 0.1) is 23.1 Å². The number of hydrogen-bond donors (Lipinski definition) is 0. The highest BCUT2D eigenvalue weighted by molar-refractivity contribution is 5.73. The lowest BCUT2D eigenvalue weighted by Gasteiger charge is -2.58. The molecule has 5 aliphatic rings. The van der Waals surface area contributed by atoms with E-state index in [9.17, 15) is 4.39 Å². The fraction of sp³-hybridized carbons (Fsp3) is 0.639. The quantitative estimate of drug-likeness (QED) is 0.280. The molecular weight excluding hydrogens is 595 g/mol. The highest BCUT2D eigenvalue weighted by atomic mass is 19.1. The van der Waals surface area contributed by atoms with Crippen LogP contribution in [0.25, 0.3) is 11.1 Å². The van der Waals surface area contributed by atoms with Gasteiger partial charge in [0.15, 0.2) is 5.82 Å². The molecule has 3 saturated heterocycles. The standard InChI is InChI=1S/C36H47FN8O2/c1-23(2)33(25-14-27(15-25)43-11-8-28(46-3)9-12-43)45-19-36(20-45)10-13-44(18-36)34-35(42-41-22-40-34)47-31-7-6-26(37)16-29(31)30-17-38-21-39-32(30)24-4-5-24/h6-7,16-17,21-25,27-28,33H,4-5,8-15,18-20H2,1-3H3/t25?,27?,33-/m1/s1. The third kappa shape index (κ3) is 6.10. The van der Waals surface area contributed by atoms with E-state index >= 15 is 0 Å². The van der Waals surface area contributed by atoms with Gasteiger partial charge in [-0.2, -0.15) is 0 Å². The number of nitrogens with zero attached hydrogens (tertiary/aromatic N) is 8. The number of likely N-dealkylation sites (tertiary alicyclic amines) is 2. The average molecular weight is 643 g/mol. The smallest absolute Gasteiger partial charge is 0.282 e. The number of rotatable bonds is 10. The summed E-state index contributed by atoms with van der Waals surface area (Å²) < 4.78 is 26.6. The molecule has 250 valence electrons. The molecular formula is C36H47FN8O2. The van der Waals surface area contributed by atoms with E-state index in [1.165, 1.54) is 57.2 Å². The maximum absolute atomic E-state index is 14.6. The van der Waals surface area contributed by atoms with Crippen molar-refractivity contribution in [2.75, 3.05) is 51.3 Å². The van der Waals surface area contributed by atoms with Crippen LogP contribution in [0.4, 0.5) is 10.2 Å². The van der Waals surface area contributed by atoms with Crippen LogP contribution in [0.2, 0.25) is 0 Å². The first-order valence-corrected chi connectivity index (χ1v) is 17.6. The Hall–Kier alpha value is -3.28. The molecule has 5 heterocycles. The Morgan fingerprint density at radius 2 is 1.77 bits per heavy atom. The molecule has 5 fully saturated rings. The maximum atomic E-state index is 14.6. The summed E-state index contributed by atoms with van der Waals surface area (Å²) in [7, 11) is 1.85. The number of piperidine rings is 1. The Kier molecular flexibility index (Phi) is 8.34. The summed E-state index contributed by atoms with van der Waals surface area (Å²) in [5.41, 5.74) is 2.61. The van der Waals surface area contributed by atoms with E-state index in [-0.39, 0.29) is 11.2 Å². The van der Waals surface area contributed by atoms with Crippen LogP contribution in [-0.4, -0.2) is 99.5 Å². The second-order valence-electron chi connectivity index (χ2n) is 15.1. The molecule has 1 atom stereocenters. The second-order valence-corrected chi connectivity index (χ2v) is 15.1. The fourth-order valence-corrected chi connectivity index (χ4v) is 9.02. The lowest BCUT2D eigenvalue weighted by Crippen LogP contribution is -2.65. The zero-order chi connectivity index (χ0) is 32.1. The maximum Gasteiger partial charge on any atom is 0.282 e. The van der Waals surface area contributed by atoms with Crippen LogP contribution < -0.4 is 9.64 Å². The van der Waals surface area contributed by atoms with Crippen molar-refractivity contribution < 1.29 is 13.9 Å². The lowest BCUT2D eigenvalue weighted by molar-refractivity contribution is -0.0851. The number of halogens is 1. The van der Waals surface area contributed by atoms with E-state index in [1.54, 1.807) is 18.6 Å². The molecule has 1 aromatic carbocycles. The Morgan fingerprint density at radius 1 is 0.957 bits per heavy atom. The normalized spacial score (nSPS) is 25.6. The minimum atomic E-state index is -0.338. The van der Waals surface area contributed by atoms with Gasteiger partial charge in [0.25, 0.3) is 5.88 Å². The van der Waals surface area contributed by atoms with Crippen LogP contribution in [0.15, 0.2) is 37.1 Å². The van der Waals surface area contributed by atoms with Gasteiger partial charge in [-0.1, -0.05) is 13.8 Å². The topological polar surface area (TPSA) is 92.6 Å². The predicted octanol–water partition coefficient (Wildman–Crippen LogP) is 5.56. The molecule has 3 aliphatic heterocycles. The zero-order valence-electron chi connectivity index (χ0n) is 27.9. The number of anilines is 1. The van der Waals surface area contributed by atoms with Gasteiger partial charge in [-0.3, -0.25) is 4.90 Å². The molecule has 2 saturated carbocycles. The second kappa shape index (κ2) is 12.6. The average Bonchev–Trinajstić information content (AvgIpc) is 3.81. The van der Waals surface area contributed by atoms with Gasteiger partial charge in [0.05, 0.1) is 11.8 Å². The number of ether oxygens (including phenoxy) is 2. The SMILES string of the molecule is COC1CCN(C2CC([C@@H](C(C)C)N3CC4(CCN(c5ncnnc5Oc5ccc(F)cc5-c5cncnc5C5CC5)C4)C3)C2)CC1. The first kappa shape index (κ1) is 31.0. The van der Waals surface area contributed by atoms with E-state index in [4.69, 9.17) is 9.47 Å². The van der Waals surface area contributed by atoms with Crippen LogP contribution in [0.5, 0.6) is 11.6 Å². The Bertz CT molecular complexity index is 1570. The molecule has 47 heavy (non-hydrogen) atoms.